The number of rotatable bonds is 4. The lowest BCUT2D eigenvalue weighted by molar-refractivity contribution is 0.380. The van der Waals surface area contributed by atoms with E-state index in [0.717, 1.165) is 12.3 Å². The number of nitrogens with zero attached hydrogens (tertiary/aromatic N) is 1. The number of halogens is 1. The summed E-state index contributed by atoms with van der Waals surface area (Å²) in [5, 5.41) is 0. The number of alkyl halides is 1. The summed E-state index contributed by atoms with van der Waals surface area (Å²) >= 11 is 5.75. The Hall–Kier alpha value is -0.730. The Kier molecular flexibility index (Phi) is 4.43. The number of ether oxygens (including phenoxy) is 1. The van der Waals surface area contributed by atoms with E-state index in [1.54, 1.807) is 7.11 Å². The van der Waals surface area contributed by atoms with Gasteiger partial charge in [-0.05, 0) is 43.7 Å². The van der Waals surface area contributed by atoms with Crippen LogP contribution in [0.2, 0.25) is 0 Å². The highest BCUT2D eigenvalue weighted by Gasteiger charge is 2.06. The van der Waals surface area contributed by atoms with Crippen LogP contribution in [0.25, 0.3) is 0 Å². The third kappa shape index (κ3) is 3.11. The van der Waals surface area contributed by atoms with Crippen LogP contribution in [0.15, 0.2) is 12.1 Å². The zero-order valence-corrected chi connectivity index (χ0v) is 10.6. The van der Waals surface area contributed by atoms with Gasteiger partial charge in [-0.25, -0.2) is 0 Å². The third-order valence-electron chi connectivity index (χ3n) is 2.50. The predicted octanol–water partition coefficient (Wildman–Crippen LogP) is 2.94. The van der Waals surface area contributed by atoms with E-state index in [2.05, 4.69) is 30.9 Å². The van der Waals surface area contributed by atoms with Crippen LogP contribution >= 0.6 is 11.6 Å². The van der Waals surface area contributed by atoms with Crippen molar-refractivity contribution in [3.8, 4) is 5.75 Å². The summed E-state index contributed by atoms with van der Waals surface area (Å²) in [7, 11) is 3.71. The van der Waals surface area contributed by atoms with Crippen LogP contribution in [0.4, 0.5) is 0 Å². The first-order valence-electron chi connectivity index (χ1n) is 4.97. The summed E-state index contributed by atoms with van der Waals surface area (Å²) in [5.74, 6) is 0.949. The molecule has 0 bridgehead atoms. The summed E-state index contributed by atoms with van der Waals surface area (Å²) in [6.45, 7) is 5.03. The van der Waals surface area contributed by atoms with Gasteiger partial charge in [0.1, 0.15) is 5.75 Å². The van der Waals surface area contributed by atoms with E-state index in [0.29, 0.717) is 6.00 Å². The van der Waals surface area contributed by atoms with Crippen molar-refractivity contribution >= 4 is 11.6 Å². The molecule has 0 unspecified atom stereocenters. The Morgan fingerprint density at radius 1 is 1.27 bits per heavy atom. The second-order valence-corrected chi connectivity index (χ2v) is 4.12. The van der Waals surface area contributed by atoms with Gasteiger partial charge in [0.05, 0.1) is 13.1 Å². The molecule has 0 saturated carbocycles. The number of aryl methyl sites for hydroxylation is 2. The fourth-order valence-electron chi connectivity index (χ4n) is 1.57. The third-order valence-corrected chi connectivity index (χ3v) is 2.91. The fourth-order valence-corrected chi connectivity index (χ4v) is 1.66. The number of methoxy groups -OCH3 is 1. The first-order chi connectivity index (χ1) is 7.08. The van der Waals surface area contributed by atoms with E-state index >= 15 is 0 Å². The molecular weight excluding hydrogens is 210 g/mol. The Morgan fingerprint density at radius 3 is 2.47 bits per heavy atom. The zero-order valence-electron chi connectivity index (χ0n) is 9.80. The highest BCUT2D eigenvalue weighted by atomic mass is 35.5. The van der Waals surface area contributed by atoms with Crippen LogP contribution in [0, 0.1) is 13.8 Å². The SMILES string of the molecule is COc1cc(C)c(CN(C)CCl)cc1C. The highest BCUT2D eigenvalue weighted by Crippen LogP contribution is 2.23. The van der Waals surface area contributed by atoms with Gasteiger partial charge in [-0.1, -0.05) is 6.07 Å². The molecule has 0 N–H and O–H groups in total. The van der Waals surface area contributed by atoms with Crippen LogP contribution in [-0.2, 0) is 6.54 Å². The van der Waals surface area contributed by atoms with Crippen LogP contribution in [0.5, 0.6) is 5.75 Å². The van der Waals surface area contributed by atoms with Crippen molar-refractivity contribution in [2.24, 2.45) is 0 Å². The predicted molar refractivity (Wildman–Crippen MR) is 64.7 cm³/mol. The first kappa shape index (κ1) is 12.3. The Bertz CT molecular complexity index is 339. The lowest BCUT2D eigenvalue weighted by Gasteiger charge is -2.16. The quantitative estimate of drug-likeness (QED) is 0.579. The average molecular weight is 228 g/mol. The minimum atomic E-state index is 0.546. The maximum atomic E-state index is 5.75. The molecule has 0 heterocycles. The Balaban J connectivity index is 2.95. The van der Waals surface area contributed by atoms with E-state index in [1.165, 1.54) is 16.7 Å². The van der Waals surface area contributed by atoms with E-state index in [9.17, 15) is 0 Å². The average Bonchev–Trinajstić information content (AvgIpc) is 2.22. The standard InChI is InChI=1S/C12H18ClNO/c1-9-6-12(15-4)10(2)5-11(9)7-14(3)8-13/h5-6H,7-8H2,1-4H3. The molecule has 0 fully saturated rings. The van der Waals surface area contributed by atoms with Gasteiger partial charge in [-0.2, -0.15) is 0 Å². The lowest BCUT2D eigenvalue weighted by Crippen LogP contribution is -2.16. The molecule has 0 aliphatic carbocycles. The van der Waals surface area contributed by atoms with Crippen molar-refractivity contribution in [1.82, 2.24) is 4.90 Å². The van der Waals surface area contributed by atoms with Crippen molar-refractivity contribution in [2.75, 3.05) is 20.2 Å². The van der Waals surface area contributed by atoms with E-state index in [4.69, 9.17) is 16.3 Å². The fraction of sp³-hybridized carbons (Fsp3) is 0.500. The summed E-state index contributed by atoms with van der Waals surface area (Å²) in [5.41, 5.74) is 3.71. The maximum absolute atomic E-state index is 5.75. The molecule has 15 heavy (non-hydrogen) atoms. The van der Waals surface area contributed by atoms with Crippen molar-refractivity contribution < 1.29 is 4.74 Å². The number of benzene rings is 1. The molecule has 2 nitrogen and oxygen atoms in total. The van der Waals surface area contributed by atoms with E-state index in [-0.39, 0.29) is 0 Å². The van der Waals surface area contributed by atoms with Gasteiger partial charge >= 0.3 is 0 Å². The number of hydrogen-bond donors (Lipinski definition) is 0. The molecule has 1 aromatic rings. The summed E-state index contributed by atoms with van der Waals surface area (Å²) in [4.78, 5) is 2.07. The van der Waals surface area contributed by atoms with Crippen molar-refractivity contribution in [2.45, 2.75) is 20.4 Å². The minimum Gasteiger partial charge on any atom is -0.496 e. The zero-order chi connectivity index (χ0) is 11.4. The van der Waals surface area contributed by atoms with Gasteiger partial charge < -0.3 is 4.74 Å². The van der Waals surface area contributed by atoms with Crippen LogP contribution in [0.1, 0.15) is 16.7 Å². The van der Waals surface area contributed by atoms with Gasteiger partial charge in [-0.3, -0.25) is 4.90 Å². The molecule has 0 amide bonds. The molecule has 0 aliphatic rings. The summed E-state index contributed by atoms with van der Waals surface area (Å²) in [6.07, 6.45) is 0. The molecule has 0 atom stereocenters. The number of hydrogen-bond acceptors (Lipinski definition) is 2. The molecule has 84 valence electrons. The molecular formula is C12H18ClNO. The molecule has 0 saturated heterocycles. The molecule has 0 radical (unpaired) electrons. The van der Waals surface area contributed by atoms with Gasteiger partial charge in [0.25, 0.3) is 0 Å². The van der Waals surface area contributed by atoms with Crippen molar-refractivity contribution in [3.63, 3.8) is 0 Å². The van der Waals surface area contributed by atoms with Crippen LogP contribution in [-0.4, -0.2) is 25.1 Å². The van der Waals surface area contributed by atoms with Gasteiger partial charge in [0.2, 0.25) is 0 Å². The van der Waals surface area contributed by atoms with Gasteiger partial charge in [-0.15, -0.1) is 11.6 Å². The maximum Gasteiger partial charge on any atom is 0.122 e. The summed E-state index contributed by atoms with van der Waals surface area (Å²) < 4.78 is 5.27. The Labute approximate surface area is 96.8 Å². The molecule has 3 heteroatoms. The lowest BCUT2D eigenvalue weighted by atomic mass is 10.0. The Morgan fingerprint density at radius 2 is 1.93 bits per heavy atom. The van der Waals surface area contributed by atoms with Crippen molar-refractivity contribution in [1.29, 1.82) is 0 Å². The highest BCUT2D eigenvalue weighted by molar-refractivity contribution is 6.17. The van der Waals surface area contributed by atoms with Gasteiger partial charge in [0, 0.05) is 6.54 Å². The van der Waals surface area contributed by atoms with Crippen molar-refractivity contribution in [3.05, 3.63) is 28.8 Å². The van der Waals surface area contributed by atoms with E-state index < -0.39 is 0 Å². The van der Waals surface area contributed by atoms with E-state index in [1.807, 2.05) is 7.05 Å². The summed E-state index contributed by atoms with van der Waals surface area (Å²) in [6, 6.07) is 4.79. The second-order valence-electron chi connectivity index (χ2n) is 3.88. The smallest absolute Gasteiger partial charge is 0.122 e. The topological polar surface area (TPSA) is 12.5 Å². The molecule has 1 aromatic carbocycles. The second kappa shape index (κ2) is 5.38. The van der Waals surface area contributed by atoms with Crippen LogP contribution < -0.4 is 4.74 Å². The first-order valence-corrected chi connectivity index (χ1v) is 5.50. The van der Waals surface area contributed by atoms with Gasteiger partial charge in [0.15, 0.2) is 0 Å². The van der Waals surface area contributed by atoms with Crippen LogP contribution in [0.3, 0.4) is 0 Å². The minimum absolute atomic E-state index is 0.546. The monoisotopic (exact) mass is 227 g/mol. The molecule has 0 aromatic heterocycles. The largest absolute Gasteiger partial charge is 0.496 e. The molecule has 0 spiro atoms. The normalized spacial score (nSPS) is 10.8. The molecule has 0 aliphatic heterocycles. The molecule has 1 rings (SSSR count).